The van der Waals surface area contributed by atoms with E-state index < -0.39 is 0 Å². The maximum absolute atomic E-state index is 3.83. The monoisotopic (exact) mass is 555 g/mol. The van der Waals surface area contributed by atoms with Crippen LogP contribution in [0.15, 0.2) is 38.0 Å². The Balaban J connectivity index is -0.0000000661. The number of hydrogen-bond donors (Lipinski definition) is 0. The Bertz CT molecular complexity index is 292. The summed E-state index contributed by atoms with van der Waals surface area (Å²) in [6.45, 7) is 35.2. The Morgan fingerprint density at radius 3 is 1.15 bits per heavy atom. The van der Waals surface area contributed by atoms with Gasteiger partial charge in [-0.3, -0.25) is 0 Å². The molecule has 2 aliphatic carbocycles. The minimum absolute atomic E-state index is 0.916. The molecule has 1 saturated carbocycles. The van der Waals surface area contributed by atoms with Gasteiger partial charge in [0.1, 0.15) is 0 Å². The predicted molar refractivity (Wildman–Crippen MR) is 195 cm³/mol. The van der Waals surface area contributed by atoms with E-state index in [1.165, 1.54) is 128 Å². The molecule has 0 unspecified atom stereocenters. The van der Waals surface area contributed by atoms with Crippen molar-refractivity contribution in [3.05, 3.63) is 38.0 Å². The van der Waals surface area contributed by atoms with Gasteiger partial charge in [-0.15, -0.1) is 19.7 Å². The molecule has 0 heterocycles. The minimum Gasteiger partial charge on any atom is -0.106 e. The molecule has 0 saturated heterocycles. The van der Waals surface area contributed by atoms with E-state index in [1.54, 1.807) is 0 Å². The Kier molecular flexibility index (Phi) is 107. The van der Waals surface area contributed by atoms with E-state index in [0.717, 1.165) is 5.92 Å². The van der Waals surface area contributed by atoms with Gasteiger partial charge in [0.25, 0.3) is 0 Å². The summed E-state index contributed by atoms with van der Waals surface area (Å²) in [6, 6.07) is 0. The molecule has 39 heavy (non-hydrogen) atoms. The fourth-order valence-electron chi connectivity index (χ4n) is 3.36. The second kappa shape index (κ2) is 76.8. The van der Waals surface area contributed by atoms with Gasteiger partial charge < -0.3 is 0 Å². The van der Waals surface area contributed by atoms with Gasteiger partial charge >= 0.3 is 0 Å². The van der Waals surface area contributed by atoms with Crippen molar-refractivity contribution < 1.29 is 0 Å². The van der Waals surface area contributed by atoms with Crippen LogP contribution in [0.1, 0.15) is 212 Å². The fraction of sp³-hybridized carbons (Fsp3) is 0.846. The number of rotatable bonds is 10. The van der Waals surface area contributed by atoms with E-state index in [0.29, 0.717) is 0 Å². The molecule has 0 aliphatic heterocycles. The summed E-state index contributed by atoms with van der Waals surface area (Å²) in [5.41, 5.74) is 0. The smallest absolute Gasteiger partial charge is 0.0325 e. The Labute approximate surface area is 255 Å². The van der Waals surface area contributed by atoms with Crippen molar-refractivity contribution in [3.8, 4) is 0 Å². The summed E-state index contributed by atoms with van der Waals surface area (Å²) < 4.78 is 0. The molecule has 0 spiro atoms. The molecule has 0 aromatic carbocycles. The van der Waals surface area contributed by atoms with Crippen molar-refractivity contribution in [2.45, 2.75) is 212 Å². The zero-order valence-corrected chi connectivity index (χ0v) is 30.6. The number of unbranched alkanes of at least 4 members (excludes halogenated alkanes) is 4. The molecule has 0 bridgehead atoms. The van der Waals surface area contributed by atoms with Crippen LogP contribution in [-0.4, -0.2) is 0 Å². The molecular formula is C39H86. The molecule has 0 heteroatoms. The number of hydrogen-bond acceptors (Lipinski definition) is 0. The van der Waals surface area contributed by atoms with Crippen LogP contribution in [0.25, 0.3) is 0 Å². The van der Waals surface area contributed by atoms with Crippen molar-refractivity contribution in [1.29, 1.82) is 0 Å². The highest BCUT2D eigenvalue weighted by atomic mass is 14.1. The molecule has 0 N–H and O–H groups in total. The van der Waals surface area contributed by atoms with E-state index in [2.05, 4.69) is 93.4 Å². The van der Waals surface area contributed by atoms with Gasteiger partial charge in [0, 0.05) is 0 Å². The van der Waals surface area contributed by atoms with Gasteiger partial charge in [-0.05, 0) is 31.6 Å². The molecule has 242 valence electrons. The van der Waals surface area contributed by atoms with Crippen molar-refractivity contribution >= 4 is 0 Å². The SMILES string of the molecule is C1=CCCC1.C1CCCC1.C=C.C=CC[C@H](CCC)CCCCCC.CC.CC.CCC.CCC.CCCC. The molecule has 1 atom stereocenters. The van der Waals surface area contributed by atoms with Gasteiger partial charge in [0.15, 0.2) is 0 Å². The van der Waals surface area contributed by atoms with E-state index in [1.807, 2.05) is 27.7 Å². The average molecular weight is 555 g/mol. The highest BCUT2D eigenvalue weighted by molar-refractivity contribution is 4.88. The third-order valence-electron chi connectivity index (χ3n) is 5.32. The van der Waals surface area contributed by atoms with Crippen LogP contribution >= 0.6 is 0 Å². The highest BCUT2D eigenvalue weighted by Gasteiger charge is 2.04. The Morgan fingerprint density at radius 1 is 0.538 bits per heavy atom. The summed E-state index contributed by atoms with van der Waals surface area (Å²) >= 11 is 0. The lowest BCUT2D eigenvalue weighted by molar-refractivity contribution is 0.425. The summed E-state index contributed by atoms with van der Waals surface area (Å²) in [4.78, 5) is 0. The quantitative estimate of drug-likeness (QED) is 0.186. The molecule has 1 fully saturated rings. The first-order chi connectivity index (χ1) is 19.1. The maximum Gasteiger partial charge on any atom is -0.0325 e. The lowest BCUT2D eigenvalue weighted by Crippen LogP contribution is -1.98. The molecular weight excluding hydrogens is 468 g/mol. The largest absolute Gasteiger partial charge is 0.106 e. The van der Waals surface area contributed by atoms with E-state index >= 15 is 0 Å². The summed E-state index contributed by atoms with van der Waals surface area (Å²) in [5, 5.41) is 0. The van der Waals surface area contributed by atoms with Crippen molar-refractivity contribution in [2.75, 3.05) is 0 Å². The number of allylic oxidation sites excluding steroid dienone is 3. The zero-order chi connectivity index (χ0) is 31.8. The van der Waals surface area contributed by atoms with Crippen LogP contribution in [-0.2, 0) is 0 Å². The van der Waals surface area contributed by atoms with Gasteiger partial charge in [-0.1, -0.05) is 204 Å². The van der Waals surface area contributed by atoms with Crippen LogP contribution in [0.2, 0.25) is 0 Å². The van der Waals surface area contributed by atoms with Gasteiger partial charge in [-0.25, -0.2) is 0 Å². The van der Waals surface area contributed by atoms with Crippen molar-refractivity contribution in [2.24, 2.45) is 5.92 Å². The Hall–Kier alpha value is -0.780. The van der Waals surface area contributed by atoms with Crippen molar-refractivity contribution in [3.63, 3.8) is 0 Å². The summed E-state index contributed by atoms with van der Waals surface area (Å²) in [7, 11) is 0. The highest BCUT2D eigenvalue weighted by Crippen LogP contribution is 2.19. The standard InChI is InChI=1S/C13H26.C5H10.C5H8.C4H10.2C3H8.2C2H6.C2H4/c1-4-7-8-9-12-13(10-5-2)11-6-3;2*1-2-4-5-3-1;1-3-4-2;2*1-3-2;3*1-2/h5,13H,2,4,6-12H2,1,3H3;1-5H2;1-2H,3-5H2;3-4H2,1-2H3;2*3H2,1-2H3;2*1-2H3;1-2H2/t13-;;;;;;;;/m1......../s1. The lowest BCUT2D eigenvalue weighted by atomic mass is 9.93. The first kappa shape index (κ1) is 54.3. The molecule has 0 nitrogen and oxygen atoms in total. The van der Waals surface area contributed by atoms with E-state index in [-0.39, 0.29) is 0 Å². The molecule has 2 aliphatic rings. The van der Waals surface area contributed by atoms with Crippen LogP contribution in [0, 0.1) is 5.92 Å². The second-order valence-corrected chi connectivity index (χ2v) is 9.61. The van der Waals surface area contributed by atoms with Crippen LogP contribution < -0.4 is 0 Å². The molecule has 0 aromatic heterocycles. The first-order valence-corrected chi connectivity index (χ1v) is 17.8. The maximum atomic E-state index is 3.83. The zero-order valence-electron chi connectivity index (χ0n) is 30.6. The normalized spacial score (nSPS) is 12.1. The third-order valence-corrected chi connectivity index (χ3v) is 5.32. The molecule has 0 aromatic rings. The van der Waals surface area contributed by atoms with Crippen LogP contribution in [0.3, 0.4) is 0 Å². The molecule has 2 rings (SSSR count). The fourth-order valence-corrected chi connectivity index (χ4v) is 3.36. The van der Waals surface area contributed by atoms with Crippen LogP contribution in [0.4, 0.5) is 0 Å². The molecule has 0 amide bonds. The van der Waals surface area contributed by atoms with Gasteiger partial charge in [-0.2, -0.15) is 0 Å². The second-order valence-electron chi connectivity index (χ2n) is 9.61. The third kappa shape index (κ3) is 93.5. The summed E-state index contributed by atoms with van der Waals surface area (Å²) in [5.74, 6) is 0.916. The van der Waals surface area contributed by atoms with E-state index in [4.69, 9.17) is 0 Å². The van der Waals surface area contributed by atoms with Crippen molar-refractivity contribution in [1.82, 2.24) is 0 Å². The predicted octanol–water partition coefficient (Wildman–Crippen LogP) is 16.1. The summed E-state index contributed by atoms with van der Waals surface area (Å²) in [6.07, 6.45) is 34.2. The average Bonchev–Trinajstić information content (AvgIpc) is 3.76. The van der Waals surface area contributed by atoms with E-state index in [9.17, 15) is 0 Å². The molecule has 0 radical (unpaired) electrons. The van der Waals surface area contributed by atoms with Crippen LogP contribution in [0.5, 0.6) is 0 Å². The topological polar surface area (TPSA) is 0 Å². The minimum atomic E-state index is 0.916. The first-order valence-electron chi connectivity index (χ1n) is 17.8. The van der Waals surface area contributed by atoms with Gasteiger partial charge in [0.2, 0.25) is 0 Å². The Morgan fingerprint density at radius 2 is 0.923 bits per heavy atom. The van der Waals surface area contributed by atoms with Gasteiger partial charge in [0.05, 0.1) is 0 Å². The lowest BCUT2D eigenvalue weighted by Gasteiger charge is -2.13.